The Labute approximate surface area is 67.9 Å². The van der Waals surface area contributed by atoms with Crippen LogP contribution < -0.4 is 5.32 Å². The van der Waals surface area contributed by atoms with E-state index < -0.39 is 23.5 Å². The molecular formula is C6H8N2O4. The summed E-state index contributed by atoms with van der Waals surface area (Å²) in [6, 6.07) is -1.25. The molecule has 0 fully saturated rings. The Balaban J connectivity index is 2.94. The van der Waals surface area contributed by atoms with Crippen molar-refractivity contribution in [2.75, 3.05) is 0 Å². The lowest BCUT2D eigenvalue weighted by molar-refractivity contribution is -0.150. The number of carbonyl (C=O) groups is 2. The van der Waals surface area contributed by atoms with Crippen LogP contribution in [-0.2, 0) is 9.59 Å². The maximum atomic E-state index is 10.6. The number of aliphatic carboxylic acids is 2. The molecule has 1 heterocycles. The largest absolute Gasteiger partial charge is 0.480 e. The van der Waals surface area contributed by atoms with Crippen LogP contribution in [0, 0.1) is 0 Å². The highest BCUT2D eigenvalue weighted by atomic mass is 16.4. The van der Waals surface area contributed by atoms with Crippen molar-refractivity contribution >= 4 is 18.3 Å². The zero-order chi connectivity index (χ0) is 9.35. The number of carboxylic acids is 2. The third kappa shape index (κ3) is 1.01. The molecule has 0 bridgehead atoms. The molecule has 1 aliphatic rings. The molecule has 12 heavy (non-hydrogen) atoms. The Kier molecular flexibility index (Phi) is 1.75. The summed E-state index contributed by atoms with van der Waals surface area (Å²) in [5.74, 6) is -2.48. The SMILES string of the molecule is CC1(C(=O)O)NC=NC1C(=O)O. The van der Waals surface area contributed by atoms with Crippen LogP contribution in [0.4, 0.5) is 0 Å². The summed E-state index contributed by atoms with van der Waals surface area (Å²) in [4.78, 5) is 24.6. The number of nitrogens with zero attached hydrogens (tertiary/aromatic N) is 1. The van der Waals surface area contributed by atoms with Crippen LogP contribution in [0.1, 0.15) is 6.92 Å². The van der Waals surface area contributed by atoms with Gasteiger partial charge in [-0.2, -0.15) is 0 Å². The van der Waals surface area contributed by atoms with Crippen LogP contribution >= 0.6 is 0 Å². The van der Waals surface area contributed by atoms with Gasteiger partial charge in [0.2, 0.25) is 0 Å². The zero-order valence-corrected chi connectivity index (χ0v) is 6.31. The molecule has 0 saturated carbocycles. The summed E-state index contributed by atoms with van der Waals surface area (Å²) in [6.07, 6.45) is 1.10. The molecule has 0 amide bonds. The Bertz CT molecular complexity index is 262. The van der Waals surface area contributed by atoms with Crippen LogP contribution in [0.2, 0.25) is 0 Å². The molecule has 6 nitrogen and oxygen atoms in total. The van der Waals surface area contributed by atoms with E-state index in [0.717, 1.165) is 6.34 Å². The molecule has 66 valence electrons. The van der Waals surface area contributed by atoms with Gasteiger partial charge in [-0.05, 0) is 6.92 Å². The van der Waals surface area contributed by atoms with Crippen molar-refractivity contribution < 1.29 is 19.8 Å². The maximum Gasteiger partial charge on any atom is 0.331 e. The van der Waals surface area contributed by atoms with Gasteiger partial charge in [0.15, 0.2) is 11.6 Å². The molecule has 1 aliphatic heterocycles. The Morgan fingerprint density at radius 1 is 1.58 bits per heavy atom. The van der Waals surface area contributed by atoms with E-state index in [0.29, 0.717) is 0 Å². The third-order valence-corrected chi connectivity index (χ3v) is 1.81. The minimum Gasteiger partial charge on any atom is -0.480 e. The van der Waals surface area contributed by atoms with Crippen molar-refractivity contribution in [1.29, 1.82) is 0 Å². The van der Waals surface area contributed by atoms with E-state index in [2.05, 4.69) is 10.3 Å². The number of nitrogens with one attached hydrogen (secondary N) is 1. The fourth-order valence-corrected chi connectivity index (χ4v) is 0.963. The van der Waals surface area contributed by atoms with Crippen LogP contribution in [0.15, 0.2) is 4.99 Å². The van der Waals surface area contributed by atoms with E-state index in [1.165, 1.54) is 6.92 Å². The minimum atomic E-state index is -1.52. The quantitative estimate of drug-likeness (QED) is 0.491. The molecule has 0 aromatic rings. The molecule has 0 radical (unpaired) electrons. The fraction of sp³-hybridized carbons (Fsp3) is 0.500. The van der Waals surface area contributed by atoms with Gasteiger partial charge in [0, 0.05) is 0 Å². The van der Waals surface area contributed by atoms with E-state index >= 15 is 0 Å². The Hall–Kier alpha value is -1.59. The minimum absolute atomic E-state index is 1.10. The van der Waals surface area contributed by atoms with Crippen LogP contribution in [0.25, 0.3) is 0 Å². The first kappa shape index (κ1) is 8.51. The molecule has 2 atom stereocenters. The van der Waals surface area contributed by atoms with Crippen molar-refractivity contribution in [3.8, 4) is 0 Å². The zero-order valence-electron chi connectivity index (χ0n) is 6.31. The number of hydrogen-bond donors (Lipinski definition) is 3. The second-order valence-electron chi connectivity index (χ2n) is 2.67. The smallest absolute Gasteiger partial charge is 0.331 e. The van der Waals surface area contributed by atoms with E-state index in [4.69, 9.17) is 10.2 Å². The lowest BCUT2D eigenvalue weighted by Gasteiger charge is -2.22. The lowest BCUT2D eigenvalue weighted by Crippen LogP contribution is -2.55. The second-order valence-corrected chi connectivity index (χ2v) is 2.67. The van der Waals surface area contributed by atoms with Gasteiger partial charge in [0.1, 0.15) is 0 Å². The molecule has 2 unspecified atom stereocenters. The number of rotatable bonds is 2. The average Bonchev–Trinajstić information content (AvgIpc) is 2.32. The van der Waals surface area contributed by atoms with Gasteiger partial charge < -0.3 is 15.5 Å². The average molecular weight is 172 g/mol. The van der Waals surface area contributed by atoms with Gasteiger partial charge in [-0.3, -0.25) is 4.99 Å². The van der Waals surface area contributed by atoms with E-state index in [-0.39, 0.29) is 0 Å². The third-order valence-electron chi connectivity index (χ3n) is 1.81. The first-order valence-electron chi connectivity index (χ1n) is 3.24. The first-order valence-corrected chi connectivity index (χ1v) is 3.24. The van der Waals surface area contributed by atoms with Crippen molar-refractivity contribution in [3.05, 3.63) is 0 Å². The summed E-state index contributed by atoms with van der Waals surface area (Å²) >= 11 is 0. The summed E-state index contributed by atoms with van der Waals surface area (Å²) in [6.45, 7) is 1.28. The van der Waals surface area contributed by atoms with Crippen LogP contribution in [0.5, 0.6) is 0 Å². The normalized spacial score (nSPS) is 32.9. The molecule has 0 spiro atoms. The van der Waals surface area contributed by atoms with Crippen molar-refractivity contribution in [2.45, 2.75) is 18.5 Å². The van der Waals surface area contributed by atoms with E-state index in [9.17, 15) is 9.59 Å². The van der Waals surface area contributed by atoms with Crippen molar-refractivity contribution in [1.82, 2.24) is 5.32 Å². The highest BCUT2D eigenvalue weighted by molar-refractivity contribution is 5.94. The number of aliphatic imine (C=N–C) groups is 1. The van der Waals surface area contributed by atoms with Crippen LogP contribution in [0.3, 0.4) is 0 Å². The number of hydrogen-bond acceptors (Lipinski definition) is 4. The lowest BCUT2D eigenvalue weighted by atomic mass is 9.94. The highest BCUT2D eigenvalue weighted by Crippen LogP contribution is 2.17. The molecule has 0 aromatic carbocycles. The molecule has 3 N–H and O–H groups in total. The standard InChI is InChI=1S/C6H8N2O4/c1-6(5(11)12)3(4(9)10)7-2-8-6/h2-3H,1H3,(H,7,8)(H,9,10)(H,11,12). The molecule has 0 aromatic heterocycles. The maximum absolute atomic E-state index is 10.6. The van der Waals surface area contributed by atoms with E-state index in [1.54, 1.807) is 0 Å². The van der Waals surface area contributed by atoms with Gasteiger partial charge in [0.25, 0.3) is 0 Å². The van der Waals surface area contributed by atoms with Gasteiger partial charge in [-0.25, -0.2) is 9.59 Å². The van der Waals surface area contributed by atoms with Crippen molar-refractivity contribution in [2.24, 2.45) is 4.99 Å². The predicted molar refractivity (Wildman–Crippen MR) is 39.1 cm³/mol. The first-order chi connectivity index (χ1) is 5.48. The molecule has 0 saturated heterocycles. The van der Waals surface area contributed by atoms with Gasteiger partial charge in [-0.15, -0.1) is 0 Å². The second kappa shape index (κ2) is 2.47. The molecule has 6 heteroatoms. The summed E-state index contributed by atoms with van der Waals surface area (Å²) < 4.78 is 0. The summed E-state index contributed by atoms with van der Waals surface area (Å²) in [5.41, 5.74) is -1.52. The van der Waals surface area contributed by atoms with Gasteiger partial charge in [-0.1, -0.05) is 0 Å². The predicted octanol–water partition coefficient (Wildman–Crippen LogP) is -1.09. The summed E-state index contributed by atoms with van der Waals surface area (Å²) in [7, 11) is 0. The highest BCUT2D eigenvalue weighted by Gasteiger charge is 2.48. The molecular weight excluding hydrogens is 164 g/mol. The molecule has 1 rings (SSSR count). The van der Waals surface area contributed by atoms with Gasteiger partial charge in [0.05, 0.1) is 6.34 Å². The summed E-state index contributed by atoms with van der Waals surface area (Å²) in [5, 5.41) is 19.7. The molecule has 0 aliphatic carbocycles. The van der Waals surface area contributed by atoms with Crippen LogP contribution in [-0.4, -0.2) is 40.1 Å². The monoisotopic (exact) mass is 172 g/mol. The number of carboxylic acid groups (broad SMARTS) is 2. The van der Waals surface area contributed by atoms with Crippen molar-refractivity contribution in [3.63, 3.8) is 0 Å². The Morgan fingerprint density at radius 3 is 2.50 bits per heavy atom. The van der Waals surface area contributed by atoms with Gasteiger partial charge >= 0.3 is 11.9 Å². The fourth-order valence-electron chi connectivity index (χ4n) is 0.963. The van der Waals surface area contributed by atoms with E-state index in [1.807, 2.05) is 0 Å². The topological polar surface area (TPSA) is 99.0 Å². The Morgan fingerprint density at radius 2 is 2.17 bits per heavy atom.